The predicted molar refractivity (Wildman–Crippen MR) is 151 cm³/mol. The number of sulfonamides is 1. The molecule has 0 aliphatic heterocycles. The van der Waals surface area contributed by atoms with Crippen molar-refractivity contribution in [2.24, 2.45) is 0 Å². The third-order valence-corrected chi connectivity index (χ3v) is 8.34. The zero-order valence-electron chi connectivity index (χ0n) is 22.8. The Morgan fingerprint density at radius 2 is 1.59 bits per heavy atom. The first kappa shape index (κ1) is 29.8. The summed E-state index contributed by atoms with van der Waals surface area (Å²) in [6.45, 7) is 6.95. The molecule has 3 rings (SSSR count). The molecular weight excluding hydrogens is 517 g/mol. The molecule has 0 aliphatic carbocycles. The van der Waals surface area contributed by atoms with Crippen molar-refractivity contribution in [2.75, 3.05) is 10.8 Å². The number of rotatable bonds is 12. The molecule has 3 aromatic carbocycles. The SMILES string of the molecule is CC[C@H](C)NC(=O)[C@H](CC)N(Cc1ccc(F)cc1)C(=O)CN(c1cccc(C)c1)S(=O)(=O)c1ccccc1. The van der Waals surface area contributed by atoms with Gasteiger partial charge in [0.1, 0.15) is 18.4 Å². The minimum atomic E-state index is -4.12. The van der Waals surface area contributed by atoms with Crippen LogP contribution < -0.4 is 9.62 Å². The van der Waals surface area contributed by atoms with Crippen LogP contribution in [0.5, 0.6) is 0 Å². The van der Waals surface area contributed by atoms with Crippen LogP contribution in [0.15, 0.2) is 83.8 Å². The molecule has 0 bridgehead atoms. The summed E-state index contributed by atoms with van der Waals surface area (Å²) in [6.07, 6.45) is 1.02. The molecule has 0 spiro atoms. The van der Waals surface area contributed by atoms with E-state index in [-0.39, 0.29) is 23.4 Å². The summed E-state index contributed by atoms with van der Waals surface area (Å²) in [5.74, 6) is -1.29. The van der Waals surface area contributed by atoms with Crippen molar-refractivity contribution >= 4 is 27.5 Å². The minimum absolute atomic E-state index is 0.0125. The number of hydrogen-bond donors (Lipinski definition) is 1. The largest absolute Gasteiger partial charge is 0.352 e. The van der Waals surface area contributed by atoms with Crippen molar-refractivity contribution in [1.29, 1.82) is 0 Å². The lowest BCUT2D eigenvalue weighted by molar-refractivity contribution is -0.140. The van der Waals surface area contributed by atoms with Gasteiger partial charge in [-0.05, 0) is 74.2 Å². The highest BCUT2D eigenvalue weighted by molar-refractivity contribution is 7.92. The number of carbonyl (C=O) groups excluding carboxylic acids is 2. The van der Waals surface area contributed by atoms with Crippen molar-refractivity contribution in [1.82, 2.24) is 10.2 Å². The highest BCUT2D eigenvalue weighted by Gasteiger charge is 2.34. The fourth-order valence-corrected chi connectivity index (χ4v) is 5.61. The van der Waals surface area contributed by atoms with Crippen LogP contribution in [-0.4, -0.2) is 43.8 Å². The number of anilines is 1. The van der Waals surface area contributed by atoms with Crippen LogP contribution in [0.25, 0.3) is 0 Å². The molecule has 0 unspecified atom stereocenters. The third kappa shape index (κ3) is 7.66. The van der Waals surface area contributed by atoms with Gasteiger partial charge >= 0.3 is 0 Å². The van der Waals surface area contributed by atoms with Crippen molar-refractivity contribution in [3.8, 4) is 0 Å². The Morgan fingerprint density at radius 3 is 2.18 bits per heavy atom. The first-order valence-electron chi connectivity index (χ1n) is 13.1. The lowest BCUT2D eigenvalue weighted by Crippen LogP contribution is -2.53. The Labute approximate surface area is 230 Å². The second kappa shape index (κ2) is 13.4. The van der Waals surface area contributed by atoms with E-state index in [0.29, 0.717) is 24.1 Å². The minimum Gasteiger partial charge on any atom is -0.352 e. The molecule has 0 saturated carbocycles. The van der Waals surface area contributed by atoms with E-state index < -0.39 is 34.3 Å². The maximum Gasteiger partial charge on any atom is 0.264 e. The maximum atomic E-state index is 14.0. The van der Waals surface area contributed by atoms with Crippen molar-refractivity contribution < 1.29 is 22.4 Å². The standard InChI is InChI=1S/C30H36FN3O4S/c1-5-23(4)32-30(36)28(6-2)33(20-24-15-17-25(31)18-16-24)29(35)21-34(26-12-10-11-22(3)19-26)39(37,38)27-13-8-7-9-14-27/h7-19,23,28H,5-6,20-21H2,1-4H3,(H,32,36)/t23-,28-/m0/s1. The fourth-order valence-electron chi connectivity index (χ4n) is 4.18. The Hall–Kier alpha value is -3.72. The van der Waals surface area contributed by atoms with E-state index in [4.69, 9.17) is 0 Å². The zero-order chi connectivity index (χ0) is 28.6. The van der Waals surface area contributed by atoms with Gasteiger partial charge in [-0.15, -0.1) is 0 Å². The van der Waals surface area contributed by atoms with Gasteiger partial charge in [0, 0.05) is 12.6 Å². The van der Waals surface area contributed by atoms with Gasteiger partial charge in [-0.25, -0.2) is 12.8 Å². The van der Waals surface area contributed by atoms with E-state index in [1.54, 1.807) is 55.5 Å². The average molecular weight is 554 g/mol. The van der Waals surface area contributed by atoms with E-state index in [0.717, 1.165) is 9.87 Å². The van der Waals surface area contributed by atoms with Crippen molar-refractivity contribution in [3.05, 3.63) is 95.8 Å². The quantitative estimate of drug-likeness (QED) is 0.340. The van der Waals surface area contributed by atoms with Crippen LogP contribution in [0, 0.1) is 12.7 Å². The highest BCUT2D eigenvalue weighted by atomic mass is 32.2. The summed E-state index contributed by atoms with van der Waals surface area (Å²) < 4.78 is 42.2. The van der Waals surface area contributed by atoms with Crippen LogP contribution in [-0.2, 0) is 26.2 Å². The van der Waals surface area contributed by atoms with E-state index in [1.165, 1.54) is 29.2 Å². The molecule has 39 heavy (non-hydrogen) atoms. The fraction of sp³-hybridized carbons (Fsp3) is 0.333. The number of nitrogens with zero attached hydrogens (tertiary/aromatic N) is 2. The molecular formula is C30H36FN3O4S. The van der Waals surface area contributed by atoms with Gasteiger partial charge in [0.05, 0.1) is 10.6 Å². The summed E-state index contributed by atoms with van der Waals surface area (Å²) in [5, 5.41) is 2.93. The first-order valence-corrected chi connectivity index (χ1v) is 14.5. The van der Waals surface area contributed by atoms with Crippen molar-refractivity contribution in [2.45, 2.75) is 64.1 Å². The van der Waals surface area contributed by atoms with Crippen molar-refractivity contribution in [3.63, 3.8) is 0 Å². The topological polar surface area (TPSA) is 86.8 Å². The van der Waals surface area contributed by atoms with Gasteiger partial charge in [0.2, 0.25) is 11.8 Å². The van der Waals surface area contributed by atoms with Gasteiger partial charge in [0.15, 0.2) is 0 Å². The number of aryl methyl sites for hydroxylation is 1. The molecule has 0 aliphatic rings. The maximum absolute atomic E-state index is 14.0. The molecule has 2 amide bonds. The molecule has 9 heteroatoms. The summed E-state index contributed by atoms with van der Waals surface area (Å²) in [6, 6.07) is 19.5. The van der Waals surface area contributed by atoms with E-state index in [9.17, 15) is 22.4 Å². The number of benzene rings is 3. The summed E-state index contributed by atoms with van der Waals surface area (Å²) in [5.41, 5.74) is 1.79. The average Bonchev–Trinajstić information content (AvgIpc) is 2.92. The van der Waals surface area contributed by atoms with E-state index in [1.807, 2.05) is 26.8 Å². The van der Waals surface area contributed by atoms with Gasteiger partial charge in [-0.3, -0.25) is 13.9 Å². The van der Waals surface area contributed by atoms with Gasteiger partial charge in [0.25, 0.3) is 10.0 Å². The molecule has 0 aromatic heterocycles. The molecule has 3 aromatic rings. The van der Waals surface area contributed by atoms with Gasteiger partial charge in [-0.2, -0.15) is 0 Å². The summed E-state index contributed by atoms with van der Waals surface area (Å²) in [7, 11) is -4.12. The Balaban J connectivity index is 2.04. The highest BCUT2D eigenvalue weighted by Crippen LogP contribution is 2.25. The van der Waals surface area contributed by atoms with Crippen LogP contribution in [0.4, 0.5) is 10.1 Å². The lowest BCUT2D eigenvalue weighted by atomic mass is 10.1. The Bertz CT molecular complexity index is 1360. The molecule has 0 radical (unpaired) electrons. The number of halogens is 1. The second-order valence-electron chi connectivity index (χ2n) is 9.55. The number of nitrogens with one attached hydrogen (secondary N) is 1. The Kier molecular flexibility index (Phi) is 10.2. The predicted octanol–water partition coefficient (Wildman–Crippen LogP) is 5.05. The number of amides is 2. The number of hydrogen-bond acceptors (Lipinski definition) is 4. The van der Waals surface area contributed by atoms with Crippen LogP contribution in [0.1, 0.15) is 44.7 Å². The summed E-state index contributed by atoms with van der Waals surface area (Å²) >= 11 is 0. The monoisotopic (exact) mass is 553 g/mol. The van der Waals surface area contributed by atoms with Crippen LogP contribution >= 0.6 is 0 Å². The first-order chi connectivity index (χ1) is 18.6. The van der Waals surface area contributed by atoms with E-state index >= 15 is 0 Å². The van der Waals surface area contributed by atoms with Gasteiger partial charge < -0.3 is 10.2 Å². The second-order valence-corrected chi connectivity index (χ2v) is 11.4. The molecule has 0 fully saturated rings. The molecule has 7 nitrogen and oxygen atoms in total. The molecule has 0 saturated heterocycles. The smallest absolute Gasteiger partial charge is 0.264 e. The van der Waals surface area contributed by atoms with Crippen LogP contribution in [0.3, 0.4) is 0 Å². The molecule has 1 N–H and O–H groups in total. The number of carbonyl (C=O) groups is 2. The molecule has 208 valence electrons. The Morgan fingerprint density at radius 1 is 0.923 bits per heavy atom. The normalized spacial score (nSPS) is 12.8. The van der Waals surface area contributed by atoms with Crippen LogP contribution in [0.2, 0.25) is 0 Å². The van der Waals surface area contributed by atoms with Gasteiger partial charge in [-0.1, -0.05) is 56.3 Å². The summed E-state index contributed by atoms with van der Waals surface area (Å²) in [4.78, 5) is 28.7. The lowest BCUT2D eigenvalue weighted by Gasteiger charge is -2.33. The molecule has 2 atom stereocenters. The molecule has 0 heterocycles. The third-order valence-electron chi connectivity index (χ3n) is 6.55. The zero-order valence-corrected chi connectivity index (χ0v) is 23.6. The van der Waals surface area contributed by atoms with E-state index in [2.05, 4.69) is 5.32 Å².